The zero-order valence-corrected chi connectivity index (χ0v) is 8.77. The third-order valence-electron chi connectivity index (χ3n) is 1.30. The third kappa shape index (κ3) is 7.85. The number of halogens is 1. The summed E-state index contributed by atoms with van der Waals surface area (Å²) in [6.07, 6.45) is 2.77. The van der Waals surface area contributed by atoms with Gasteiger partial charge in [0.1, 0.15) is 0 Å². The van der Waals surface area contributed by atoms with Crippen LogP contribution in [0, 0.1) is 0 Å². The summed E-state index contributed by atoms with van der Waals surface area (Å²) in [4.78, 5) is 1.97. The second kappa shape index (κ2) is 7.40. The van der Waals surface area contributed by atoms with Crippen LogP contribution in [0.2, 0.25) is 0 Å². The topological polar surface area (TPSA) is 49.5 Å². The summed E-state index contributed by atoms with van der Waals surface area (Å²) < 4.78 is 0. The van der Waals surface area contributed by atoms with E-state index < -0.39 is 0 Å². The van der Waals surface area contributed by atoms with Gasteiger partial charge in [-0.05, 0) is 19.5 Å². The number of aliphatic hydroxyl groups excluding tert-OH is 1. The monoisotopic (exact) mass is 194 g/mol. The zero-order chi connectivity index (χ0) is 8.85. The van der Waals surface area contributed by atoms with Crippen LogP contribution in [0.15, 0.2) is 11.8 Å². The Bertz CT molecular complexity index is 137. The van der Waals surface area contributed by atoms with Crippen molar-refractivity contribution in [2.75, 3.05) is 20.7 Å². The van der Waals surface area contributed by atoms with Gasteiger partial charge in [-0.2, -0.15) is 0 Å². The first-order valence-electron chi connectivity index (χ1n) is 3.76. The van der Waals surface area contributed by atoms with Gasteiger partial charge in [-0.25, -0.2) is 0 Å². The highest BCUT2D eigenvalue weighted by Gasteiger charge is 2.00. The average Bonchev–Trinajstić information content (AvgIpc) is 1.85. The summed E-state index contributed by atoms with van der Waals surface area (Å²) in [6, 6.07) is -0.119. The predicted molar refractivity (Wildman–Crippen MR) is 54.4 cm³/mol. The summed E-state index contributed by atoms with van der Waals surface area (Å²) in [6.45, 7) is 2.06. The lowest BCUT2D eigenvalue weighted by molar-refractivity contribution is 0.265. The van der Waals surface area contributed by atoms with Crippen molar-refractivity contribution in [3.63, 3.8) is 0 Å². The molecule has 0 aliphatic heterocycles. The van der Waals surface area contributed by atoms with Gasteiger partial charge >= 0.3 is 0 Å². The molecule has 0 heterocycles. The number of rotatable bonds is 4. The maximum Gasteiger partial charge on any atom is 0.0585 e. The van der Waals surface area contributed by atoms with E-state index in [1.807, 2.05) is 32.1 Å². The molecule has 74 valence electrons. The first-order valence-corrected chi connectivity index (χ1v) is 3.76. The molecule has 3 nitrogen and oxygen atoms in total. The van der Waals surface area contributed by atoms with E-state index in [0.717, 1.165) is 6.42 Å². The molecule has 0 aliphatic carbocycles. The van der Waals surface area contributed by atoms with E-state index in [-0.39, 0.29) is 25.1 Å². The van der Waals surface area contributed by atoms with Gasteiger partial charge in [0.2, 0.25) is 0 Å². The van der Waals surface area contributed by atoms with Crippen molar-refractivity contribution in [2.24, 2.45) is 5.73 Å². The molecule has 0 rings (SSSR count). The standard InChI is InChI=1S/C8H18N2O.ClH/c1-7(5-10(2)3)4-8(9)6-11;/h5,8,11H,4,6,9H2,1-3H3;1H/b7-5+;. The zero-order valence-electron chi connectivity index (χ0n) is 7.95. The summed E-state index contributed by atoms with van der Waals surface area (Å²) >= 11 is 0. The minimum Gasteiger partial charge on any atom is -0.395 e. The summed E-state index contributed by atoms with van der Waals surface area (Å²) in [5.74, 6) is 0. The highest BCUT2D eigenvalue weighted by Crippen LogP contribution is 2.02. The quantitative estimate of drug-likeness (QED) is 0.689. The molecule has 0 aromatic heterocycles. The fourth-order valence-electron chi connectivity index (χ4n) is 0.972. The lowest BCUT2D eigenvalue weighted by Crippen LogP contribution is -2.24. The summed E-state index contributed by atoms with van der Waals surface area (Å²) in [5, 5.41) is 8.65. The van der Waals surface area contributed by atoms with Gasteiger partial charge in [0.05, 0.1) is 6.61 Å². The van der Waals surface area contributed by atoms with Crippen LogP contribution in [0.25, 0.3) is 0 Å². The van der Waals surface area contributed by atoms with Gasteiger partial charge in [0, 0.05) is 20.1 Å². The fourth-order valence-corrected chi connectivity index (χ4v) is 0.972. The Morgan fingerprint density at radius 2 is 2.08 bits per heavy atom. The van der Waals surface area contributed by atoms with Gasteiger partial charge in [-0.3, -0.25) is 0 Å². The molecule has 0 saturated heterocycles. The number of aliphatic hydroxyl groups is 1. The lowest BCUT2D eigenvalue weighted by Gasteiger charge is -2.11. The number of hydrogen-bond donors (Lipinski definition) is 2. The highest BCUT2D eigenvalue weighted by atomic mass is 35.5. The van der Waals surface area contributed by atoms with Crippen LogP contribution in [0.3, 0.4) is 0 Å². The van der Waals surface area contributed by atoms with E-state index in [0.29, 0.717) is 0 Å². The van der Waals surface area contributed by atoms with Crippen LogP contribution in [-0.4, -0.2) is 36.8 Å². The predicted octanol–water partition coefficient (Wildman–Crippen LogP) is 0.583. The van der Waals surface area contributed by atoms with Crippen LogP contribution in [0.1, 0.15) is 13.3 Å². The van der Waals surface area contributed by atoms with Crippen molar-refractivity contribution >= 4 is 12.4 Å². The maximum absolute atomic E-state index is 8.65. The molecule has 0 fully saturated rings. The Labute approximate surface area is 80.7 Å². The van der Waals surface area contributed by atoms with Crippen molar-refractivity contribution in [3.05, 3.63) is 11.8 Å². The molecule has 0 bridgehead atoms. The second-order valence-electron chi connectivity index (χ2n) is 3.09. The largest absolute Gasteiger partial charge is 0.395 e. The van der Waals surface area contributed by atoms with Crippen LogP contribution < -0.4 is 5.73 Å². The molecule has 0 aromatic carbocycles. The van der Waals surface area contributed by atoms with Crippen molar-refractivity contribution in [2.45, 2.75) is 19.4 Å². The van der Waals surface area contributed by atoms with Gasteiger partial charge in [-0.15, -0.1) is 12.4 Å². The van der Waals surface area contributed by atoms with Crippen molar-refractivity contribution < 1.29 is 5.11 Å². The van der Waals surface area contributed by atoms with Crippen molar-refractivity contribution in [3.8, 4) is 0 Å². The molecule has 12 heavy (non-hydrogen) atoms. The number of hydrogen-bond acceptors (Lipinski definition) is 3. The first-order chi connectivity index (χ1) is 5.06. The van der Waals surface area contributed by atoms with Crippen LogP contribution in [0.5, 0.6) is 0 Å². The van der Waals surface area contributed by atoms with E-state index >= 15 is 0 Å². The average molecular weight is 195 g/mol. The van der Waals surface area contributed by atoms with E-state index in [1.165, 1.54) is 5.57 Å². The van der Waals surface area contributed by atoms with Gasteiger partial charge in [0.25, 0.3) is 0 Å². The molecule has 0 saturated carbocycles. The normalized spacial score (nSPS) is 13.6. The Morgan fingerprint density at radius 1 is 1.58 bits per heavy atom. The number of nitrogens with two attached hydrogens (primary N) is 1. The minimum atomic E-state index is -0.119. The molecule has 4 heteroatoms. The van der Waals surface area contributed by atoms with E-state index in [9.17, 15) is 0 Å². The first kappa shape index (κ1) is 14.3. The van der Waals surface area contributed by atoms with E-state index in [2.05, 4.69) is 0 Å². The minimum absolute atomic E-state index is 0. The molecule has 3 N–H and O–H groups in total. The Kier molecular flexibility index (Phi) is 8.81. The second-order valence-corrected chi connectivity index (χ2v) is 3.09. The van der Waals surface area contributed by atoms with E-state index in [4.69, 9.17) is 10.8 Å². The molecular formula is C8H19ClN2O. The van der Waals surface area contributed by atoms with Gasteiger partial charge < -0.3 is 15.7 Å². The fraction of sp³-hybridized carbons (Fsp3) is 0.750. The van der Waals surface area contributed by atoms with Crippen LogP contribution in [-0.2, 0) is 0 Å². The molecule has 1 unspecified atom stereocenters. The Hall–Kier alpha value is -0.250. The number of nitrogens with zero attached hydrogens (tertiary/aromatic N) is 1. The molecule has 0 radical (unpaired) electrons. The van der Waals surface area contributed by atoms with Crippen molar-refractivity contribution in [1.29, 1.82) is 0 Å². The summed E-state index contributed by atoms with van der Waals surface area (Å²) in [7, 11) is 3.93. The maximum atomic E-state index is 8.65. The molecule has 0 spiro atoms. The lowest BCUT2D eigenvalue weighted by atomic mass is 10.1. The summed E-state index contributed by atoms with van der Waals surface area (Å²) in [5.41, 5.74) is 6.73. The molecule has 0 amide bonds. The molecule has 0 aromatic rings. The van der Waals surface area contributed by atoms with Gasteiger partial charge in [0.15, 0.2) is 0 Å². The van der Waals surface area contributed by atoms with Crippen LogP contribution in [0.4, 0.5) is 0 Å². The molecule has 0 aliphatic rings. The molecule has 1 atom stereocenters. The molecular weight excluding hydrogens is 176 g/mol. The third-order valence-corrected chi connectivity index (χ3v) is 1.30. The Balaban J connectivity index is 0. The van der Waals surface area contributed by atoms with Gasteiger partial charge in [-0.1, -0.05) is 5.57 Å². The Morgan fingerprint density at radius 3 is 2.42 bits per heavy atom. The van der Waals surface area contributed by atoms with Crippen molar-refractivity contribution in [1.82, 2.24) is 4.90 Å². The van der Waals surface area contributed by atoms with E-state index in [1.54, 1.807) is 0 Å². The smallest absolute Gasteiger partial charge is 0.0585 e. The SMILES string of the molecule is C/C(=C\N(C)C)CC(N)CO.Cl. The van der Waals surface area contributed by atoms with Crippen LogP contribution >= 0.6 is 12.4 Å². The highest BCUT2D eigenvalue weighted by molar-refractivity contribution is 5.85.